The van der Waals surface area contributed by atoms with Crippen molar-refractivity contribution in [2.75, 3.05) is 6.54 Å². The Morgan fingerprint density at radius 2 is 1.74 bits per heavy atom. The first kappa shape index (κ1) is 15.0. The van der Waals surface area contributed by atoms with Crippen molar-refractivity contribution in [2.45, 2.75) is 38.1 Å². The van der Waals surface area contributed by atoms with E-state index in [1.165, 1.54) is 0 Å². The molecule has 1 aliphatic heterocycles. The summed E-state index contributed by atoms with van der Waals surface area (Å²) in [5.41, 5.74) is 0. The molecule has 0 N–H and O–H groups in total. The van der Waals surface area contributed by atoms with Gasteiger partial charge in [-0.05, 0) is 49.4 Å². The van der Waals surface area contributed by atoms with E-state index in [0.717, 1.165) is 10.9 Å². The van der Waals surface area contributed by atoms with Gasteiger partial charge in [0.1, 0.15) is 0 Å². The zero-order valence-corrected chi connectivity index (χ0v) is 13.9. The number of sulfonamides is 1. The first-order chi connectivity index (χ1) is 8.82. The van der Waals surface area contributed by atoms with Crippen LogP contribution >= 0.6 is 15.9 Å². The van der Waals surface area contributed by atoms with Crippen molar-refractivity contribution in [1.29, 1.82) is 0 Å². The lowest BCUT2D eigenvalue weighted by Crippen LogP contribution is -2.48. The fraction of sp³-hybridized carbons (Fsp3) is 0.571. The Morgan fingerprint density at radius 3 is 2.32 bits per heavy atom. The predicted octanol–water partition coefficient (Wildman–Crippen LogP) is 3.50. The Bertz CT molecular complexity index is 541. The van der Waals surface area contributed by atoms with Gasteiger partial charge in [0.15, 0.2) is 0 Å². The maximum atomic E-state index is 12.7. The molecular weight excluding hydrogens is 326 g/mol. The van der Waals surface area contributed by atoms with E-state index in [9.17, 15) is 8.42 Å². The summed E-state index contributed by atoms with van der Waals surface area (Å²) < 4.78 is 28.0. The van der Waals surface area contributed by atoms with Gasteiger partial charge in [0, 0.05) is 17.1 Å². The fourth-order valence-electron chi connectivity index (χ4n) is 2.72. The number of halogens is 1. The third kappa shape index (κ3) is 3.03. The van der Waals surface area contributed by atoms with Crippen LogP contribution in [0.3, 0.4) is 0 Å². The van der Waals surface area contributed by atoms with Gasteiger partial charge in [-0.2, -0.15) is 4.31 Å². The average Bonchev–Trinajstić information content (AvgIpc) is 2.34. The van der Waals surface area contributed by atoms with Crippen LogP contribution in [0.15, 0.2) is 33.6 Å². The Balaban J connectivity index is 2.35. The molecule has 0 spiro atoms. The van der Waals surface area contributed by atoms with Gasteiger partial charge in [0.2, 0.25) is 10.0 Å². The van der Waals surface area contributed by atoms with E-state index >= 15 is 0 Å². The molecule has 1 aromatic carbocycles. The molecule has 1 fully saturated rings. The summed E-state index contributed by atoms with van der Waals surface area (Å²) in [5.74, 6) is 0.811. The van der Waals surface area contributed by atoms with E-state index in [2.05, 4.69) is 29.8 Å². The largest absolute Gasteiger partial charge is 0.243 e. The number of benzene rings is 1. The van der Waals surface area contributed by atoms with Gasteiger partial charge in [0.05, 0.1) is 4.90 Å². The van der Waals surface area contributed by atoms with Crippen LogP contribution in [0.2, 0.25) is 0 Å². The van der Waals surface area contributed by atoms with Gasteiger partial charge in [-0.15, -0.1) is 0 Å². The van der Waals surface area contributed by atoms with Gasteiger partial charge < -0.3 is 0 Å². The van der Waals surface area contributed by atoms with E-state index < -0.39 is 10.0 Å². The summed E-state index contributed by atoms with van der Waals surface area (Å²) in [6.45, 7) is 6.87. The summed E-state index contributed by atoms with van der Waals surface area (Å²) in [6.07, 6.45) is 1.09. The summed E-state index contributed by atoms with van der Waals surface area (Å²) in [6, 6.07) is 6.93. The second-order valence-corrected chi connectivity index (χ2v) is 8.39. The minimum Gasteiger partial charge on any atom is -0.207 e. The van der Waals surface area contributed by atoms with Crippen LogP contribution in [0.5, 0.6) is 0 Å². The molecule has 5 heteroatoms. The molecule has 1 heterocycles. The molecule has 1 aromatic rings. The third-order valence-electron chi connectivity index (χ3n) is 3.96. The van der Waals surface area contributed by atoms with Crippen molar-refractivity contribution < 1.29 is 8.42 Å². The molecule has 0 radical (unpaired) electrons. The van der Waals surface area contributed by atoms with Crippen LogP contribution in [0, 0.1) is 11.8 Å². The SMILES string of the molecule is CC1CC(C)C(C)N(S(=O)(=O)c2ccc(Br)cc2)C1. The van der Waals surface area contributed by atoms with Crippen LogP contribution in [-0.4, -0.2) is 25.3 Å². The standard InChI is InChI=1S/C14H20BrNO2S/c1-10-8-11(2)12(3)16(9-10)19(17,18)14-6-4-13(15)5-7-14/h4-7,10-12H,8-9H2,1-3H3. The van der Waals surface area contributed by atoms with Crippen LogP contribution in [-0.2, 0) is 10.0 Å². The highest BCUT2D eigenvalue weighted by atomic mass is 79.9. The zero-order chi connectivity index (χ0) is 14.2. The highest BCUT2D eigenvalue weighted by molar-refractivity contribution is 9.10. The van der Waals surface area contributed by atoms with Crippen molar-refractivity contribution in [3.8, 4) is 0 Å². The van der Waals surface area contributed by atoms with Gasteiger partial charge in [0.25, 0.3) is 0 Å². The number of hydrogen-bond acceptors (Lipinski definition) is 2. The Labute approximate surface area is 124 Å². The van der Waals surface area contributed by atoms with E-state index in [0.29, 0.717) is 23.3 Å². The monoisotopic (exact) mass is 345 g/mol. The van der Waals surface area contributed by atoms with Crippen molar-refractivity contribution in [1.82, 2.24) is 4.31 Å². The zero-order valence-electron chi connectivity index (χ0n) is 11.5. The highest BCUT2D eigenvalue weighted by Gasteiger charge is 2.36. The van der Waals surface area contributed by atoms with Crippen LogP contribution in [0.1, 0.15) is 27.2 Å². The molecule has 0 saturated carbocycles. The summed E-state index contributed by atoms with van der Waals surface area (Å²) in [5, 5.41) is 0. The number of piperidine rings is 1. The fourth-order valence-corrected chi connectivity index (χ4v) is 4.83. The number of hydrogen-bond donors (Lipinski definition) is 0. The van der Waals surface area contributed by atoms with Gasteiger partial charge in [-0.1, -0.05) is 29.8 Å². The smallest absolute Gasteiger partial charge is 0.207 e. The molecule has 0 bridgehead atoms. The lowest BCUT2D eigenvalue weighted by Gasteiger charge is -2.40. The minimum absolute atomic E-state index is 0.0600. The van der Waals surface area contributed by atoms with Gasteiger partial charge in [-0.25, -0.2) is 8.42 Å². The van der Waals surface area contributed by atoms with Crippen molar-refractivity contribution >= 4 is 26.0 Å². The molecule has 3 unspecified atom stereocenters. The second kappa shape index (κ2) is 5.54. The molecule has 0 aliphatic carbocycles. The first-order valence-corrected chi connectivity index (χ1v) is 8.83. The third-order valence-corrected chi connectivity index (χ3v) is 6.46. The lowest BCUT2D eigenvalue weighted by molar-refractivity contribution is 0.157. The maximum Gasteiger partial charge on any atom is 0.243 e. The summed E-state index contributed by atoms with van der Waals surface area (Å²) in [7, 11) is -3.38. The first-order valence-electron chi connectivity index (χ1n) is 6.59. The average molecular weight is 346 g/mol. The predicted molar refractivity (Wildman–Crippen MR) is 80.4 cm³/mol. The topological polar surface area (TPSA) is 37.4 Å². The Kier molecular flexibility index (Phi) is 4.38. The van der Waals surface area contributed by atoms with Crippen molar-refractivity contribution in [3.05, 3.63) is 28.7 Å². The van der Waals surface area contributed by atoms with E-state index in [-0.39, 0.29) is 6.04 Å². The van der Waals surface area contributed by atoms with Crippen molar-refractivity contribution in [2.24, 2.45) is 11.8 Å². The molecule has 1 saturated heterocycles. The molecule has 19 heavy (non-hydrogen) atoms. The second-order valence-electron chi connectivity index (χ2n) is 5.59. The quantitative estimate of drug-likeness (QED) is 0.822. The summed E-state index contributed by atoms with van der Waals surface area (Å²) >= 11 is 3.33. The molecule has 0 amide bonds. The molecule has 3 atom stereocenters. The number of rotatable bonds is 2. The normalized spacial score (nSPS) is 29.4. The highest BCUT2D eigenvalue weighted by Crippen LogP contribution is 2.31. The van der Waals surface area contributed by atoms with Gasteiger partial charge >= 0.3 is 0 Å². The van der Waals surface area contributed by atoms with Gasteiger partial charge in [-0.3, -0.25) is 0 Å². The van der Waals surface area contributed by atoms with Crippen LogP contribution < -0.4 is 0 Å². The number of nitrogens with zero attached hydrogens (tertiary/aromatic N) is 1. The molecule has 1 aliphatic rings. The Morgan fingerprint density at radius 1 is 1.16 bits per heavy atom. The van der Waals surface area contributed by atoms with E-state index in [1.54, 1.807) is 28.6 Å². The molecule has 3 nitrogen and oxygen atoms in total. The summed E-state index contributed by atoms with van der Waals surface area (Å²) in [4.78, 5) is 0.379. The Hall–Kier alpha value is -0.390. The lowest BCUT2D eigenvalue weighted by atomic mass is 9.88. The van der Waals surface area contributed by atoms with Crippen LogP contribution in [0.25, 0.3) is 0 Å². The molecule has 2 rings (SSSR count). The minimum atomic E-state index is -3.38. The molecular formula is C14H20BrNO2S. The van der Waals surface area contributed by atoms with Crippen LogP contribution in [0.4, 0.5) is 0 Å². The van der Waals surface area contributed by atoms with E-state index in [1.807, 2.05) is 6.92 Å². The molecule has 0 aromatic heterocycles. The van der Waals surface area contributed by atoms with Crippen molar-refractivity contribution in [3.63, 3.8) is 0 Å². The maximum absolute atomic E-state index is 12.7. The molecule has 106 valence electrons. The van der Waals surface area contributed by atoms with E-state index in [4.69, 9.17) is 0 Å².